The monoisotopic (exact) mass is 589 g/mol. The molecule has 5 rings (SSSR count). The number of hydrogen-bond donors (Lipinski definition) is 3. The first kappa shape index (κ1) is 30.4. The summed E-state index contributed by atoms with van der Waals surface area (Å²) in [5.41, 5.74) is 3.53. The molecule has 2 aromatic heterocycles. The van der Waals surface area contributed by atoms with Crippen molar-refractivity contribution in [2.24, 2.45) is 5.92 Å². The van der Waals surface area contributed by atoms with Crippen molar-refractivity contribution in [2.45, 2.75) is 51.6 Å². The summed E-state index contributed by atoms with van der Waals surface area (Å²) in [6.45, 7) is 7.90. The lowest BCUT2D eigenvalue weighted by Gasteiger charge is -2.23. The Morgan fingerprint density at radius 2 is 1.98 bits per heavy atom. The van der Waals surface area contributed by atoms with Gasteiger partial charge in [-0.1, -0.05) is 32.1 Å². The maximum Gasteiger partial charge on any atom is 0.246 e. The Balaban J connectivity index is 1.23. The van der Waals surface area contributed by atoms with Gasteiger partial charge in [-0.05, 0) is 57.0 Å². The third-order valence-electron chi connectivity index (χ3n) is 7.82. The molecule has 1 atom stereocenters. The van der Waals surface area contributed by atoms with Gasteiger partial charge in [0, 0.05) is 62.8 Å². The number of likely N-dealkylation sites (tertiary alicyclic amines) is 1. The number of carbonyl (C=O) groups is 2. The van der Waals surface area contributed by atoms with Gasteiger partial charge in [0.15, 0.2) is 5.65 Å². The quantitative estimate of drug-likeness (QED) is 0.288. The van der Waals surface area contributed by atoms with Crippen LogP contribution in [0.4, 0.5) is 17.6 Å². The number of nitrogens with one attached hydrogen (secondary N) is 3. The maximum absolute atomic E-state index is 13.0. The first-order valence-electron chi connectivity index (χ1n) is 15.1. The number of rotatable bonds is 11. The van der Waals surface area contributed by atoms with E-state index in [0.717, 1.165) is 48.5 Å². The predicted molar refractivity (Wildman–Crippen MR) is 167 cm³/mol. The summed E-state index contributed by atoms with van der Waals surface area (Å²) in [4.78, 5) is 38.8. The van der Waals surface area contributed by atoms with E-state index in [1.54, 1.807) is 15.5 Å². The summed E-state index contributed by atoms with van der Waals surface area (Å²) < 4.78 is 7.25. The Kier molecular flexibility index (Phi) is 9.88. The fourth-order valence-electron chi connectivity index (χ4n) is 5.33. The largest absolute Gasteiger partial charge is 0.381 e. The number of nitrogens with zero attached hydrogens (tertiary/aromatic N) is 6. The van der Waals surface area contributed by atoms with Gasteiger partial charge in [-0.25, -0.2) is 0 Å². The smallest absolute Gasteiger partial charge is 0.246 e. The highest BCUT2D eigenvalue weighted by Gasteiger charge is 2.30. The lowest BCUT2D eigenvalue weighted by atomic mass is 10.1. The van der Waals surface area contributed by atoms with Crippen LogP contribution in [-0.2, 0) is 20.9 Å². The normalized spacial score (nSPS) is 17.8. The van der Waals surface area contributed by atoms with Crippen molar-refractivity contribution >= 4 is 35.0 Å². The van der Waals surface area contributed by atoms with E-state index < -0.39 is 0 Å². The van der Waals surface area contributed by atoms with Crippen LogP contribution in [0.25, 0.3) is 5.65 Å². The molecule has 12 nitrogen and oxygen atoms in total. The van der Waals surface area contributed by atoms with Gasteiger partial charge < -0.3 is 30.5 Å². The molecule has 2 saturated heterocycles. The molecule has 2 aliphatic rings. The van der Waals surface area contributed by atoms with Gasteiger partial charge in [0.05, 0.1) is 12.1 Å². The molecule has 12 heteroatoms. The van der Waals surface area contributed by atoms with E-state index in [9.17, 15) is 9.59 Å². The number of anilines is 3. The Morgan fingerprint density at radius 3 is 2.74 bits per heavy atom. The van der Waals surface area contributed by atoms with Gasteiger partial charge in [-0.15, -0.1) is 0 Å². The zero-order valence-electron chi connectivity index (χ0n) is 25.5. The van der Waals surface area contributed by atoms with Crippen LogP contribution in [0, 0.1) is 5.92 Å². The van der Waals surface area contributed by atoms with E-state index in [2.05, 4.69) is 34.9 Å². The minimum absolute atomic E-state index is 0.0483. The van der Waals surface area contributed by atoms with Crippen molar-refractivity contribution in [1.82, 2.24) is 29.4 Å². The number of carbonyl (C=O) groups excluding carboxylic acids is 2. The second kappa shape index (κ2) is 14.0. The molecule has 0 bridgehead atoms. The first-order chi connectivity index (χ1) is 20.8. The molecule has 0 saturated carbocycles. The Morgan fingerprint density at radius 1 is 1.16 bits per heavy atom. The molecule has 0 radical (unpaired) electrons. The molecule has 2 fully saturated rings. The van der Waals surface area contributed by atoms with Crippen LogP contribution in [-0.4, -0.2) is 94.2 Å². The molecule has 1 aromatic carbocycles. The molecular formula is C31H43N9O3. The molecule has 43 heavy (non-hydrogen) atoms. The van der Waals surface area contributed by atoms with Gasteiger partial charge >= 0.3 is 0 Å². The van der Waals surface area contributed by atoms with E-state index in [4.69, 9.17) is 14.7 Å². The average Bonchev–Trinajstić information content (AvgIpc) is 3.65. The zero-order valence-corrected chi connectivity index (χ0v) is 25.5. The number of hydrogen-bond acceptors (Lipinski definition) is 9. The number of amides is 2. The van der Waals surface area contributed by atoms with Gasteiger partial charge in [-0.3, -0.25) is 9.59 Å². The third kappa shape index (κ3) is 7.88. The number of fused-ring (bicyclic) bond motifs is 1. The summed E-state index contributed by atoms with van der Waals surface area (Å²) in [7, 11) is 3.91. The first-order valence-corrected chi connectivity index (χ1v) is 15.1. The maximum atomic E-state index is 13.0. The van der Waals surface area contributed by atoms with Crippen LogP contribution in [0.1, 0.15) is 50.2 Å². The molecule has 3 aromatic rings. The molecule has 230 valence electrons. The fourth-order valence-corrected chi connectivity index (χ4v) is 5.33. The summed E-state index contributed by atoms with van der Waals surface area (Å²) >= 11 is 0. The zero-order chi connectivity index (χ0) is 30.3. The van der Waals surface area contributed by atoms with E-state index in [-0.39, 0.29) is 29.7 Å². The Labute approximate surface area is 252 Å². The van der Waals surface area contributed by atoms with Gasteiger partial charge in [-0.2, -0.15) is 19.6 Å². The third-order valence-corrected chi connectivity index (χ3v) is 7.82. The summed E-state index contributed by atoms with van der Waals surface area (Å²) in [5, 5.41) is 14.5. The SMILES string of the molecule is CC(C)c1cnn2c(NCc3cccc(NC(=O)C4CCN(C(=O)/C=C/CN(C)C)C4)c3)nc(NC3CCOCC3)nc12. The minimum atomic E-state index is -0.237. The summed E-state index contributed by atoms with van der Waals surface area (Å²) in [5.74, 6) is 1.07. The second-order valence-electron chi connectivity index (χ2n) is 11.9. The van der Waals surface area contributed by atoms with Crippen molar-refractivity contribution in [2.75, 3.05) is 62.9 Å². The Hall–Kier alpha value is -4.03. The summed E-state index contributed by atoms with van der Waals surface area (Å²) in [6, 6.07) is 8.02. The van der Waals surface area contributed by atoms with Crippen molar-refractivity contribution in [3.05, 3.63) is 53.7 Å². The molecule has 0 aliphatic carbocycles. The number of aromatic nitrogens is 4. The average molecular weight is 590 g/mol. The lowest BCUT2D eigenvalue weighted by Crippen LogP contribution is -2.30. The van der Waals surface area contributed by atoms with Crippen LogP contribution >= 0.6 is 0 Å². The molecular weight excluding hydrogens is 546 g/mol. The van der Waals surface area contributed by atoms with E-state index in [1.807, 2.05) is 55.5 Å². The van der Waals surface area contributed by atoms with Crippen LogP contribution in [0.15, 0.2) is 42.6 Å². The van der Waals surface area contributed by atoms with Crippen molar-refractivity contribution in [3.8, 4) is 0 Å². The second-order valence-corrected chi connectivity index (χ2v) is 11.9. The van der Waals surface area contributed by atoms with Gasteiger partial charge in [0.25, 0.3) is 0 Å². The van der Waals surface area contributed by atoms with Crippen molar-refractivity contribution in [3.63, 3.8) is 0 Å². The minimum Gasteiger partial charge on any atom is -0.381 e. The lowest BCUT2D eigenvalue weighted by molar-refractivity contribution is -0.125. The molecule has 1 unspecified atom stereocenters. The van der Waals surface area contributed by atoms with Crippen molar-refractivity contribution < 1.29 is 14.3 Å². The van der Waals surface area contributed by atoms with Crippen LogP contribution < -0.4 is 16.0 Å². The van der Waals surface area contributed by atoms with Crippen LogP contribution in [0.2, 0.25) is 0 Å². The van der Waals surface area contributed by atoms with Crippen LogP contribution in [0.5, 0.6) is 0 Å². The molecule has 4 heterocycles. The molecule has 2 aliphatic heterocycles. The van der Waals surface area contributed by atoms with Gasteiger partial charge in [0.2, 0.25) is 23.7 Å². The fraction of sp³-hybridized carbons (Fsp3) is 0.516. The highest BCUT2D eigenvalue weighted by Crippen LogP contribution is 2.24. The number of likely N-dealkylation sites (N-methyl/N-ethyl adjacent to an activating group) is 1. The topological polar surface area (TPSA) is 129 Å². The number of benzene rings is 1. The molecule has 3 N–H and O–H groups in total. The highest BCUT2D eigenvalue weighted by molar-refractivity contribution is 5.94. The standard InChI is InChI=1S/C31H43N9O3/c1-21(2)26-19-33-40-28(26)36-30(35-24-11-15-43-16-12-24)37-31(40)32-18-22-7-5-8-25(17-22)34-29(42)23-10-14-39(20-23)27(41)9-6-13-38(3)4/h5-9,17,19,21,23-24H,10-16,18,20H2,1-4H3,(H,34,42)(H2,32,35,36,37)/b9-6+. The summed E-state index contributed by atoms with van der Waals surface area (Å²) in [6.07, 6.45) is 7.77. The van der Waals surface area contributed by atoms with E-state index >= 15 is 0 Å². The van der Waals surface area contributed by atoms with Gasteiger partial charge in [0.1, 0.15) is 0 Å². The molecule has 0 spiro atoms. The Bertz CT molecular complexity index is 1450. The molecule has 2 amide bonds. The van der Waals surface area contributed by atoms with Crippen LogP contribution in [0.3, 0.4) is 0 Å². The van der Waals surface area contributed by atoms with Crippen molar-refractivity contribution in [1.29, 1.82) is 0 Å². The number of ether oxygens (including phenoxy) is 1. The van der Waals surface area contributed by atoms with E-state index in [0.29, 0.717) is 44.5 Å². The predicted octanol–water partition coefficient (Wildman–Crippen LogP) is 3.36. The van der Waals surface area contributed by atoms with E-state index in [1.165, 1.54) is 0 Å². The highest BCUT2D eigenvalue weighted by atomic mass is 16.5.